The van der Waals surface area contributed by atoms with Crippen LogP contribution in [0.3, 0.4) is 0 Å². The van der Waals surface area contributed by atoms with E-state index in [1.54, 1.807) is 0 Å². The van der Waals surface area contributed by atoms with Gasteiger partial charge in [0.05, 0.1) is 25.7 Å². The minimum Gasteiger partial charge on any atom is -0.366 e. The second-order valence-corrected chi connectivity index (χ2v) is 4.19. The Balaban J connectivity index is 3.68. The van der Waals surface area contributed by atoms with Crippen LogP contribution in [0.4, 0.5) is 0 Å². The van der Waals surface area contributed by atoms with Crippen molar-refractivity contribution in [1.29, 1.82) is 0 Å². The van der Waals surface area contributed by atoms with Crippen LogP contribution in [-0.4, -0.2) is 5.91 Å². The van der Waals surface area contributed by atoms with Gasteiger partial charge in [-0.3, -0.25) is 4.79 Å². The highest BCUT2D eigenvalue weighted by atomic mass is 35.5. The first-order valence-corrected chi connectivity index (χ1v) is 5.27. The van der Waals surface area contributed by atoms with Crippen molar-refractivity contribution in [3.05, 3.63) is 31.2 Å². The first-order chi connectivity index (χ1) is 6.91. The predicted molar refractivity (Wildman–Crippen MR) is 62.9 cm³/mol. The van der Waals surface area contributed by atoms with E-state index in [0.29, 0.717) is 5.56 Å². The van der Waals surface area contributed by atoms with Crippen LogP contribution in [0.25, 0.3) is 0 Å². The van der Waals surface area contributed by atoms with E-state index in [1.165, 1.54) is 0 Å². The topological polar surface area (TPSA) is 69.1 Å². The molecule has 0 heterocycles. The first-order valence-electron chi connectivity index (χ1n) is 3.76. The lowest BCUT2D eigenvalue weighted by atomic mass is 10.1. The lowest BCUT2D eigenvalue weighted by molar-refractivity contribution is 0.100. The molecule has 1 aromatic rings. The van der Waals surface area contributed by atoms with E-state index in [2.05, 4.69) is 0 Å². The Hall–Kier alpha value is -0.190. The van der Waals surface area contributed by atoms with Crippen LogP contribution in [0.2, 0.25) is 20.1 Å². The molecule has 0 aromatic heterocycles. The van der Waals surface area contributed by atoms with Gasteiger partial charge in [0.2, 0.25) is 0 Å². The lowest BCUT2D eigenvalue weighted by Crippen LogP contribution is -2.14. The third-order valence-electron chi connectivity index (χ3n) is 1.80. The van der Waals surface area contributed by atoms with E-state index in [0.717, 1.165) is 0 Å². The Morgan fingerprint density at radius 2 is 1.53 bits per heavy atom. The molecule has 0 saturated carbocycles. The smallest absolute Gasteiger partial charge is 0.251 e. The summed E-state index contributed by atoms with van der Waals surface area (Å²) in [4.78, 5) is 11.1. The predicted octanol–water partition coefficient (Wildman–Crippen LogP) is 2.86. The molecule has 3 nitrogen and oxygen atoms in total. The molecule has 0 unspecified atom stereocenters. The molecule has 82 valence electrons. The molecule has 0 aliphatic heterocycles. The van der Waals surface area contributed by atoms with Crippen molar-refractivity contribution < 1.29 is 4.79 Å². The summed E-state index contributed by atoms with van der Waals surface area (Å²) >= 11 is 23.3. The van der Waals surface area contributed by atoms with Gasteiger partial charge in [-0.05, 0) is 0 Å². The van der Waals surface area contributed by atoms with Crippen LogP contribution in [0.15, 0.2) is 0 Å². The monoisotopic (exact) mass is 286 g/mol. The Labute approximate surface area is 106 Å². The quantitative estimate of drug-likeness (QED) is 0.649. The van der Waals surface area contributed by atoms with Crippen LogP contribution in [-0.2, 0) is 6.54 Å². The molecule has 0 bridgehead atoms. The molecule has 0 fully saturated rings. The number of amides is 1. The highest BCUT2D eigenvalue weighted by Gasteiger charge is 2.22. The number of rotatable bonds is 2. The van der Waals surface area contributed by atoms with Gasteiger partial charge in [0.25, 0.3) is 5.91 Å². The number of carbonyl (C=O) groups is 1. The fraction of sp³-hybridized carbons (Fsp3) is 0.125. The van der Waals surface area contributed by atoms with Gasteiger partial charge in [-0.1, -0.05) is 46.4 Å². The van der Waals surface area contributed by atoms with Crippen molar-refractivity contribution in [2.24, 2.45) is 11.5 Å². The molecular formula is C8H6Cl4N2O. The van der Waals surface area contributed by atoms with Gasteiger partial charge in [-0.25, -0.2) is 0 Å². The van der Waals surface area contributed by atoms with Crippen LogP contribution in [0, 0.1) is 0 Å². The highest BCUT2D eigenvalue weighted by molar-refractivity contribution is 6.51. The molecule has 0 radical (unpaired) electrons. The lowest BCUT2D eigenvalue weighted by Gasteiger charge is -2.12. The summed E-state index contributed by atoms with van der Waals surface area (Å²) in [6, 6.07) is 0. The van der Waals surface area contributed by atoms with Gasteiger partial charge in [-0.2, -0.15) is 0 Å². The molecule has 0 saturated heterocycles. The molecule has 0 spiro atoms. The Kier molecular flexibility index (Phi) is 4.09. The number of primary amides is 1. The van der Waals surface area contributed by atoms with Crippen LogP contribution < -0.4 is 11.5 Å². The largest absolute Gasteiger partial charge is 0.366 e. The third kappa shape index (κ3) is 2.17. The highest BCUT2D eigenvalue weighted by Crippen LogP contribution is 2.40. The van der Waals surface area contributed by atoms with Gasteiger partial charge in [-0.15, -0.1) is 0 Å². The average Bonchev–Trinajstić information content (AvgIpc) is 2.15. The van der Waals surface area contributed by atoms with Gasteiger partial charge in [0, 0.05) is 12.1 Å². The Bertz CT molecular complexity index is 433. The van der Waals surface area contributed by atoms with Crippen molar-refractivity contribution in [2.45, 2.75) is 6.54 Å². The minimum absolute atomic E-state index is 0.0250. The number of benzene rings is 1. The number of hydrogen-bond acceptors (Lipinski definition) is 2. The summed E-state index contributed by atoms with van der Waals surface area (Å²) in [5.41, 5.74) is 10.8. The van der Waals surface area contributed by atoms with E-state index in [-0.39, 0.29) is 32.2 Å². The van der Waals surface area contributed by atoms with E-state index in [1.807, 2.05) is 0 Å². The second kappa shape index (κ2) is 4.76. The van der Waals surface area contributed by atoms with Crippen LogP contribution >= 0.6 is 46.4 Å². The Morgan fingerprint density at radius 1 is 1.00 bits per heavy atom. The fourth-order valence-electron chi connectivity index (χ4n) is 1.08. The van der Waals surface area contributed by atoms with Crippen molar-refractivity contribution in [3.63, 3.8) is 0 Å². The van der Waals surface area contributed by atoms with Crippen molar-refractivity contribution >= 4 is 52.3 Å². The van der Waals surface area contributed by atoms with E-state index < -0.39 is 5.91 Å². The maximum atomic E-state index is 11.1. The number of hydrogen-bond donors (Lipinski definition) is 2. The van der Waals surface area contributed by atoms with Crippen molar-refractivity contribution in [2.75, 3.05) is 0 Å². The minimum atomic E-state index is -0.779. The zero-order chi connectivity index (χ0) is 11.7. The zero-order valence-corrected chi connectivity index (χ0v) is 10.3. The summed E-state index contributed by atoms with van der Waals surface area (Å²) < 4.78 is 0. The fourth-order valence-corrected chi connectivity index (χ4v) is 2.34. The van der Waals surface area contributed by atoms with Gasteiger partial charge in [0.15, 0.2) is 0 Å². The van der Waals surface area contributed by atoms with E-state index in [9.17, 15) is 4.79 Å². The maximum absolute atomic E-state index is 11.1. The van der Waals surface area contributed by atoms with E-state index >= 15 is 0 Å². The maximum Gasteiger partial charge on any atom is 0.251 e. The molecule has 4 N–H and O–H groups in total. The summed E-state index contributed by atoms with van der Waals surface area (Å²) in [5, 5.41) is 0.150. The van der Waals surface area contributed by atoms with Gasteiger partial charge in [0.1, 0.15) is 0 Å². The number of nitrogens with two attached hydrogens (primary N) is 2. The molecule has 1 aromatic carbocycles. The summed E-state index contributed by atoms with van der Waals surface area (Å²) in [5.74, 6) is -0.779. The van der Waals surface area contributed by atoms with Gasteiger partial charge >= 0.3 is 0 Å². The van der Waals surface area contributed by atoms with Crippen LogP contribution in [0.1, 0.15) is 15.9 Å². The number of carbonyl (C=O) groups excluding carboxylic acids is 1. The van der Waals surface area contributed by atoms with E-state index in [4.69, 9.17) is 57.9 Å². The average molecular weight is 288 g/mol. The molecular weight excluding hydrogens is 282 g/mol. The van der Waals surface area contributed by atoms with Crippen LogP contribution in [0.5, 0.6) is 0 Å². The summed E-state index contributed by atoms with van der Waals surface area (Å²) in [6.45, 7) is 0.0365. The molecule has 0 aliphatic rings. The van der Waals surface area contributed by atoms with Gasteiger partial charge < -0.3 is 11.5 Å². The SMILES string of the molecule is NCc1c(Cl)c(Cl)c(Cl)c(C(N)=O)c1Cl. The standard InChI is InChI=1S/C8H6Cl4N2O/c9-4-2(1-13)5(10)7(12)6(11)3(4)8(14)15/h1,13H2,(H2,14,15). The van der Waals surface area contributed by atoms with Crippen molar-refractivity contribution in [3.8, 4) is 0 Å². The Morgan fingerprint density at radius 3 is 1.93 bits per heavy atom. The molecule has 7 heteroatoms. The molecule has 0 aliphatic carbocycles. The molecule has 1 amide bonds. The first kappa shape index (κ1) is 12.9. The third-order valence-corrected chi connectivity index (χ3v) is 3.59. The summed E-state index contributed by atoms with van der Waals surface area (Å²) in [7, 11) is 0. The zero-order valence-electron chi connectivity index (χ0n) is 7.28. The molecule has 15 heavy (non-hydrogen) atoms. The summed E-state index contributed by atoms with van der Waals surface area (Å²) in [6.07, 6.45) is 0. The number of halogens is 4. The van der Waals surface area contributed by atoms with Crippen molar-refractivity contribution in [1.82, 2.24) is 0 Å². The normalized spacial score (nSPS) is 10.5. The second-order valence-electron chi connectivity index (χ2n) is 2.68. The molecule has 1 rings (SSSR count). The molecule has 0 atom stereocenters.